The second-order valence-corrected chi connectivity index (χ2v) is 6.11. The molecular weight excluding hydrogens is 254 g/mol. The number of rotatable bonds is 4. The molecule has 2 aliphatic rings. The van der Waals surface area contributed by atoms with E-state index in [4.69, 9.17) is 9.47 Å². The SMILES string of the molecule is CO[C@@H]1CC[C@@]2(OC)CCN(Cc3nc[nH]c3C)[C@H]2C1. The van der Waals surface area contributed by atoms with Crippen LogP contribution in [0.4, 0.5) is 0 Å². The summed E-state index contributed by atoms with van der Waals surface area (Å²) < 4.78 is 11.5. The lowest BCUT2D eigenvalue weighted by molar-refractivity contribution is -0.0948. The van der Waals surface area contributed by atoms with Crippen molar-refractivity contribution in [2.75, 3.05) is 20.8 Å². The highest BCUT2D eigenvalue weighted by Gasteiger charge is 2.51. The molecule has 0 aromatic carbocycles. The Balaban J connectivity index is 1.77. The molecule has 1 N–H and O–H groups in total. The molecule has 0 spiro atoms. The van der Waals surface area contributed by atoms with Crippen molar-refractivity contribution in [1.29, 1.82) is 0 Å². The van der Waals surface area contributed by atoms with Crippen LogP contribution in [0.15, 0.2) is 6.33 Å². The number of aromatic amines is 1. The highest BCUT2D eigenvalue weighted by atomic mass is 16.5. The molecule has 1 aromatic rings. The fourth-order valence-corrected chi connectivity index (χ4v) is 3.90. The van der Waals surface area contributed by atoms with E-state index in [1.54, 1.807) is 6.33 Å². The minimum atomic E-state index is 0.0270. The van der Waals surface area contributed by atoms with E-state index in [9.17, 15) is 0 Å². The van der Waals surface area contributed by atoms with E-state index in [-0.39, 0.29) is 5.60 Å². The van der Waals surface area contributed by atoms with Crippen molar-refractivity contribution in [2.24, 2.45) is 0 Å². The van der Waals surface area contributed by atoms with Gasteiger partial charge in [-0.1, -0.05) is 0 Å². The zero-order valence-corrected chi connectivity index (χ0v) is 12.7. The molecule has 5 nitrogen and oxygen atoms in total. The molecule has 20 heavy (non-hydrogen) atoms. The normalized spacial score (nSPS) is 34.4. The first-order chi connectivity index (χ1) is 9.68. The predicted molar refractivity (Wildman–Crippen MR) is 76.5 cm³/mol. The number of nitrogens with zero attached hydrogens (tertiary/aromatic N) is 2. The third kappa shape index (κ3) is 2.28. The molecule has 0 amide bonds. The first kappa shape index (κ1) is 14.0. The van der Waals surface area contributed by atoms with Crippen LogP contribution in [0.25, 0.3) is 0 Å². The van der Waals surface area contributed by atoms with Gasteiger partial charge < -0.3 is 14.5 Å². The molecule has 0 bridgehead atoms. The summed E-state index contributed by atoms with van der Waals surface area (Å²) in [4.78, 5) is 10.1. The maximum absolute atomic E-state index is 5.95. The molecule has 3 atom stereocenters. The van der Waals surface area contributed by atoms with Crippen molar-refractivity contribution in [1.82, 2.24) is 14.9 Å². The van der Waals surface area contributed by atoms with Crippen molar-refractivity contribution in [3.05, 3.63) is 17.7 Å². The van der Waals surface area contributed by atoms with Crippen LogP contribution >= 0.6 is 0 Å². The van der Waals surface area contributed by atoms with Gasteiger partial charge in [-0.3, -0.25) is 4.90 Å². The molecular formula is C15H25N3O2. The third-order valence-corrected chi connectivity index (χ3v) is 5.27. The van der Waals surface area contributed by atoms with Gasteiger partial charge >= 0.3 is 0 Å². The highest BCUT2D eigenvalue weighted by Crippen LogP contribution is 2.43. The van der Waals surface area contributed by atoms with Crippen LogP contribution in [0.5, 0.6) is 0 Å². The van der Waals surface area contributed by atoms with E-state index in [0.29, 0.717) is 12.1 Å². The van der Waals surface area contributed by atoms with Crippen molar-refractivity contribution in [3.63, 3.8) is 0 Å². The maximum atomic E-state index is 5.95. The van der Waals surface area contributed by atoms with Crippen LogP contribution in [0.3, 0.4) is 0 Å². The highest BCUT2D eigenvalue weighted by molar-refractivity contribution is 5.12. The average Bonchev–Trinajstić information content (AvgIpc) is 3.04. The Hall–Kier alpha value is -0.910. The summed E-state index contributed by atoms with van der Waals surface area (Å²) >= 11 is 0. The Kier molecular flexibility index (Phi) is 3.84. The van der Waals surface area contributed by atoms with Crippen LogP contribution in [0.1, 0.15) is 37.1 Å². The number of aromatic nitrogens is 2. The van der Waals surface area contributed by atoms with Gasteiger partial charge in [-0.15, -0.1) is 0 Å². The number of nitrogens with one attached hydrogen (secondary N) is 1. The number of hydrogen-bond donors (Lipinski definition) is 1. The minimum Gasteiger partial charge on any atom is -0.381 e. The first-order valence-corrected chi connectivity index (χ1v) is 7.49. The van der Waals surface area contributed by atoms with Crippen molar-refractivity contribution in [2.45, 2.75) is 56.9 Å². The van der Waals surface area contributed by atoms with Crippen LogP contribution in [0.2, 0.25) is 0 Å². The predicted octanol–water partition coefficient (Wildman–Crippen LogP) is 1.88. The van der Waals surface area contributed by atoms with Crippen LogP contribution < -0.4 is 0 Å². The number of aryl methyl sites for hydroxylation is 1. The lowest BCUT2D eigenvalue weighted by atomic mass is 9.79. The quantitative estimate of drug-likeness (QED) is 0.914. The van der Waals surface area contributed by atoms with Gasteiger partial charge in [0.15, 0.2) is 0 Å². The number of ether oxygens (including phenoxy) is 2. The van der Waals surface area contributed by atoms with E-state index in [1.165, 1.54) is 5.69 Å². The Labute approximate surface area is 120 Å². The molecule has 1 saturated carbocycles. The van der Waals surface area contributed by atoms with Gasteiger partial charge in [0.1, 0.15) is 0 Å². The van der Waals surface area contributed by atoms with Crippen LogP contribution in [-0.4, -0.2) is 53.4 Å². The Bertz CT molecular complexity index is 462. The van der Waals surface area contributed by atoms with Gasteiger partial charge in [-0.25, -0.2) is 4.98 Å². The lowest BCUT2D eigenvalue weighted by Gasteiger charge is -2.43. The number of hydrogen-bond acceptors (Lipinski definition) is 4. The molecule has 3 rings (SSSR count). The summed E-state index contributed by atoms with van der Waals surface area (Å²) in [5.41, 5.74) is 2.34. The Morgan fingerprint density at radius 1 is 1.45 bits per heavy atom. The van der Waals surface area contributed by atoms with Crippen LogP contribution in [-0.2, 0) is 16.0 Å². The molecule has 1 saturated heterocycles. The van der Waals surface area contributed by atoms with E-state index in [1.807, 2.05) is 14.2 Å². The van der Waals surface area contributed by atoms with Gasteiger partial charge in [0.25, 0.3) is 0 Å². The molecule has 1 aliphatic carbocycles. The monoisotopic (exact) mass is 279 g/mol. The topological polar surface area (TPSA) is 50.4 Å². The second-order valence-electron chi connectivity index (χ2n) is 6.11. The molecule has 0 radical (unpaired) electrons. The smallest absolute Gasteiger partial charge is 0.0925 e. The molecule has 112 valence electrons. The van der Waals surface area contributed by atoms with E-state index in [0.717, 1.165) is 44.5 Å². The number of imidazole rings is 1. The Morgan fingerprint density at radius 3 is 2.95 bits per heavy atom. The summed E-state index contributed by atoms with van der Waals surface area (Å²) in [7, 11) is 3.69. The summed E-state index contributed by atoms with van der Waals surface area (Å²) in [6, 6.07) is 0.447. The number of H-pyrrole nitrogens is 1. The van der Waals surface area contributed by atoms with Crippen molar-refractivity contribution in [3.8, 4) is 0 Å². The zero-order valence-electron chi connectivity index (χ0n) is 12.7. The summed E-state index contributed by atoms with van der Waals surface area (Å²) in [5.74, 6) is 0. The average molecular weight is 279 g/mol. The number of fused-ring (bicyclic) bond motifs is 1. The molecule has 1 aliphatic heterocycles. The van der Waals surface area contributed by atoms with Crippen molar-refractivity contribution < 1.29 is 9.47 Å². The fraction of sp³-hybridized carbons (Fsp3) is 0.800. The third-order valence-electron chi connectivity index (χ3n) is 5.27. The van der Waals surface area contributed by atoms with Crippen molar-refractivity contribution >= 4 is 0 Å². The Morgan fingerprint density at radius 2 is 2.30 bits per heavy atom. The largest absolute Gasteiger partial charge is 0.381 e. The van der Waals surface area contributed by atoms with Gasteiger partial charge in [-0.05, 0) is 32.6 Å². The van der Waals surface area contributed by atoms with Crippen LogP contribution in [0, 0.1) is 6.92 Å². The summed E-state index contributed by atoms with van der Waals surface area (Å²) in [5, 5.41) is 0. The standard InChI is InChI=1S/C15H25N3O2/c1-11-13(17-10-16-11)9-18-7-6-15(20-3)5-4-12(19-2)8-14(15)18/h10,12,14H,4-9H2,1-3H3,(H,16,17)/t12-,14+,15-/m1/s1. The van der Waals surface area contributed by atoms with E-state index < -0.39 is 0 Å². The second kappa shape index (κ2) is 5.47. The summed E-state index contributed by atoms with van der Waals surface area (Å²) in [6.45, 7) is 4.07. The zero-order chi connectivity index (χ0) is 14.2. The number of methoxy groups -OCH3 is 2. The van der Waals surface area contributed by atoms with Gasteiger partial charge in [0, 0.05) is 39.0 Å². The van der Waals surface area contributed by atoms with Gasteiger partial charge in [-0.2, -0.15) is 0 Å². The van der Waals surface area contributed by atoms with E-state index >= 15 is 0 Å². The molecule has 0 unspecified atom stereocenters. The van der Waals surface area contributed by atoms with Gasteiger partial charge in [0.05, 0.1) is 23.7 Å². The van der Waals surface area contributed by atoms with Gasteiger partial charge in [0.2, 0.25) is 0 Å². The molecule has 1 aromatic heterocycles. The fourth-order valence-electron chi connectivity index (χ4n) is 3.90. The summed E-state index contributed by atoms with van der Waals surface area (Å²) in [6.07, 6.45) is 6.54. The van der Waals surface area contributed by atoms with E-state index in [2.05, 4.69) is 21.8 Å². The molecule has 5 heteroatoms. The molecule has 2 fully saturated rings. The minimum absolute atomic E-state index is 0.0270. The first-order valence-electron chi connectivity index (χ1n) is 7.49. The lowest BCUT2D eigenvalue weighted by Crippen LogP contribution is -2.51. The maximum Gasteiger partial charge on any atom is 0.0925 e. The molecule has 2 heterocycles. The number of likely N-dealkylation sites (tertiary alicyclic amines) is 1.